The lowest BCUT2D eigenvalue weighted by atomic mass is 9.93. The number of esters is 1. The molecule has 1 fully saturated rings. The van der Waals surface area contributed by atoms with E-state index in [0.29, 0.717) is 31.0 Å². The summed E-state index contributed by atoms with van der Waals surface area (Å²) in [6, 6.07) is 7.14. The fourth-order valence-corrected chi connectivity index (χ4v) is 2.58. The molecule has 0 bridgehead atoms. The second kappa shape index (κ2) is 7.11. The average molecular weight is 291 g/mol. The Morgan fingerprint density at radius 3 is 2.29 bits per heavy atom. The summed E-state index contributed by atoms with van der Waals surface area (Å²) in [5, 5.41) is 0. The molecule has 0 spiro atoms. The van der Waals surface area contributed by atoms with Crippen LogP contribution in [0.4, 0.5) is 0 Å². The van der Waals surface area contributed by atoms with Gasteiger partial charge in [0.25, 0.3) is 5.91 Å². The Bertz CT molecular complexity index is 490. The molecule has 1 aromatic carbocycles. The molecule has 0 aliphatic carbocycles. The van der Waals surface area contributed by atoms with Crippen molar-refractivity contribution in [1.82, 2.24) is 4.90 Å². The highest BCUT2D eigenvalue weighted by Crippen LogP contribution is 2.22. The third kappa shape index (κ3) is 3.97. The highest BCUT2D eigenvalue weighted by Gasteiger charge is 2.25. The molecule has 0 unspecified atom stereocenters. The Morgan fingerprint density at radius 2 is 1.76 bits per heavy atom. The van der Waals surface area contributed by atoms with E-state index in [2.05, 4.69) is 4.74 Å². The molecule has 114 valence electrons. The van der Waals surface area contributed by atoms with Gasteiger partial charge in [-0.2, -0.15) is 0 Å². The SMILES string of the molecule is COC(=O)CC1CCN(C(=O)c2ccc(OC)cc2)CC1. The summed E-state index contributed by atoms with van der Waals surface area (Å²) >= 11 is 0. The quantitative estimate of drug-likeness (QED) is 0.797. The molecule has 0 saturated carbocycles. The Morgan fingerprint density at radius 1 is 1.14 bits per heavy atom. The fraction of sp³-hybridized carbons (Fsp3) is 0.500. The van der Waals surface area contributed by atoms with Crippen molar-refractivity contribution in [1.29, 1.82) is 0 Å². The number of likely N-dealkylation sites (tertiary alicyclic amines) is 1. The van der Waals surface area contributed by atoms with Crippen molar-refractivity contribution in [2.75, 3.05) is 27.3 Å². The Hall–Kier alpha value is -2.04. The van der Waals surface area contributed by atoms with Gasteiger partial charge in [-0.05, 0) is 43.0 Å². The number of benzene rings is 1. The molecule has 0 N–H and O–H groups in total. The van der Waals surface area contributed by atoms with E-state index in [1.54, 1.807) is 31.4 Å². The van der Waals surface area contributed by atoms with Crippen LogP contribution in [0.5, 0.6) is 5.75 Å². The van der Waals surface area contributed by atoms with Gasteiger partial charge in [0.1, 0.15) is 5.75 Å². The molecule has 0 aromatic heterocycles. The molecule has 5 heteroatoms. The smallest absolute Gasteiger partial charge is 0.305 e. The first-order valence-corrected chi connectivity index (χ1v) is 7.14. The molecule has 0 radical (unpaired) electrons. The van der Waals surface area contributed by atoms with Crippen molar-refractivity contribution >= 4 is 11.9 Å². The lowest BCUT2D eigenvalue weighted by molar-refractivity contribution is -0.142. The van der Waals surface area contributed by atoms with Gasteiger partial charge in [0, 0.05) is 25.1 Å². The van der Waals surface area contributed by atoms with Gasteiger partial charge in [0.15, 0.2) is 0 Å². The number of nitrogens with zero attached hydrogens (tertiary/aromatic N) is 1. The van der Waals surface area contributed by atoms with E-state index in [-0.39, 0.29) is 11.9 Å². The van der Waals surface area contributed by atoms with E-state index in [0.717, 1.165) is 18.6 Å². The second-order valence-electron chi connectivity index (χ2n) is 5.24. The third-order valence-electron chi connectivity index (χ3n) is 3.92. The van der Waals surface area contributed by atoms with Gasteiger partial charge in [0.05, 0.1) is 14.2 Å². The Balaban J connectivity index is 1.89. The number of methoxy groups -OCH3 is 2. The first kappa shape index (κ1) is 15.4. The Labute approximate surface area is 124 Å². The summed E-state index contributed by atoms with van der Waals surface area (Å²) < 4.78 is 9.77. The lowest BCUT2D eigenvalue weighted by Crippen LogP contribution is -2.38. The van der Waals surface area contributed by atoms with E-state index < -0.39 is 0 Å². The molecule has 2 rings (SSSR count). The molecule has 1 saturated heterocycles. The second-order valence-corrected chi connectivity index (χ2v) is 5.24. The molecular formula is C16H21NO4. The molecule has 1 aliphatic rings. The number of carbonyl (C=O) groups excluding carboxylic acids is 2. The maximum atomic E-state index is 12.4. The predicted molar refractivity (Wildman–Crippen MR) is 78.3 cm³/mol. The van der Waals surface area contributed by atoms with Crippen LogP contribution in [0.15, 0.2) is 24.3 Å². The topological polar surface area (TPSA) is 55.8 Å². The van der Waals surface area contributed by atoms with Crippen molar-refractivity contribution in [2.24, 2.45) is 5.92 Å². The van der Waals surface area contributed by atoms with Crippen LogP contribution in [-0.4, -0.2) is 44.1 Å². The maximum Gasteiger partial charge on any atom is 0.305 e. The minimum atomic E-state index is -0.171. The number of hydrogen-bond acceptors (Lipinski definition) is 4. The summed E-state index contributed by atoms with van der Waals surface area (Å²) in [6.45, 7) is 1.37. The number of rotatable bonds is 4. The highest BCUT2D eigenvalue weighted by atomic mass is 16.5. The number of hydrogen-bond donors (Lipinski definition) is 0. The van der Waals surface area contributed by atoms with Crippen molar-refractivity contribution in [2.45, 2.75) is 19.3 Å². The number of ether oxygens (including phenoxy) is 2. The van der Waals surface area contributed by atoms with Gasteiger partial charge < -0.3 is 14.4 Å². The van der Waals surface area contributed by atoms with Gasteiger partial charge in [-0.25, -0.2) is 0 Å². The lowest BCUT2D eigenvalue weighted by Gasteiger charge is -2.31. The highest BCUT2D eigenvalue weighted by molar-refractivity contribution is 5.94. The van der Waals surface area contributed by atoms with E-state index in [1.165, 1.54) is 7.11 Å². The standard InChI is InChI=1S/C16H21NO4/c1-20-14-5-3-13(4-6-14)16(19)17-9-7-12(8-10-17)11-15(18)21-2/h3-6,12H,7-11H2,1-2H3. The molecule has 1 heterocycles. The van der Waals surface area contributed by atoms with E-state index in [1.807, 2.05) is 4.90 Å². The molecule has 5 nitrogen and oxygen atoms in total. The maximum absolute atomic E-state index is 12.4. The first-order valence-electron chi connectivity index (χ1n) is 7.14. The van der Waals surface area contributed by atoms with Gasteiger partial charge in [-0.3, -0.25) is 9.59 Å². The number of amides is 1. The third-order valence-corrected chi connectivity index (χ3v) is 3.92. The molecule has 1 aromatic rings. The zero-order valence-electron chi connectivity index (χ0n) is 12.5. The van der Waals surface area contributed by atoms with Crippen LogP contribution in [0.3, 0.4) is 0 Å². The largest absolute Gasteiger partial charge is 0.497 e. The van der Waals surface area contributed by atoms with Crippen molar-refractivity contribution in [3.63, 3.8) is 0 Å². The van der Waals surface area contributed by atoms with Crippen molar-refractivity contribution in [3.05, 3.63) is 29.8 Å². The van der Waals surface area contributed by atoms with Crippen LogP contribution in [0.2, 0.25) is 0 Å². The number of carbonyl (C=O) groups is 2. The van der Waals surface area contributed by atoms with Crippen molar-refractivity contribution in [3.8, 4) is 5.75 Å². The summed E-state index contributed by atoms with van der Waals surface area (Å²) in [4.78, 5) is 25.5. The first-order chi connectivity index (χ1) is 10.1. The zero-order chi connectivity index (χ0) is 15.2. The van der Waals surface area contributed by atoms with E-state index in [4.69, 9.17) is 4.74 Å². The molecule has 21 heavy (non-hydrogen) atoms. The van der Waals surface area contributed by atoms with Gasteiger partial charge in [-0.15, -0.1) is 0 Å². The van der Waals surface area contributed by atoms with Crippen molar-refractivity contribution < 1.29 is 19.1 Å². The molecule has 1 amide bonds. The van der Waals surface area contributed by atoms with Gasteiger partial charge in [0.2, 0.25) is 0 Å². The van der Waals surface area contributed by atoms with Crippen LogP contribution in [0.1, 0.15) is 29.6 Å². The predicted octanol–water partition coefficient (Wildman–Crippen LogP) is 2.11. The molecule has 1 aliphatic heterocycles. The Kier molecular flexibility index (Phi) is 5.20. The van der Waals surface area contributed by atoms with Crippen LogP contribution >= 0.6 is 0 Å². The molecular weight excluding hydrogens is 270 g/mol. The van der Waals surface area contributed by atoms with Crippen LogP contribution < -0.4 is 4.74 Å². The van der Waals surface area contributed by atoms with E-state index in [9.17, 15) is 9.59 Å². The number of piperidine rings is 1. The minimum absolute atomic E-state index is 0.0363. The van der Waals surface area contributed by atoms with Crippen LogP contribution in [-0.2, 0) is 9.53 Å². The fourth-order valence-electron chi connectivity index (χ4n) is 2.58. The average Bonchev–Trinajstić information content (AvgIpc) is 2.55. The zero-order valence-corrected chi connectivity index (χ0v) is 12.5. The summed E-state index contributed by atoms with van der Waals surface area (Å²) in [6.07, 6.45) is 2.13. The van der Waals surface area contributed by atoms with Gasteiger partial charge >= 0.3 is 5.97 Å². The van der Waals surface area contributed by atoms with E-state index >= 15 is 0 Å². The summed E-state index contributed by atoms with van der Waals surface area (Å²) in [5.74, 6) is 0.921. The monoisotopic (exact) mass is 291 g/mol. The normalized spacial score (nSPS) is 15.6. The van der Waals surface area contributed by atoms with Gasteiger partial charge in [-0.1, -0.05) is 0 Å². The van der Waals surface area contributed by atoms with Crippen LogP contribution in [0.25, 0.3) is 0 Å². The minimum Gasteiger partial charge on any atom is -0.497 e. The summed E-state index contributed by atoms with van der Waals surface area (Å²) in [5.41, 5.74) is 0.669. The molecule has 0 atom stereocenters. The van der Waals surface area contributed by atoms with Crippen LogP contribution in [0, 0.1) is 5.92 Å². The summed E-state index contributed by atoms with van der Waals surface area (Å²) in [7, 11) is 3.01.